The smallest absolute Gasteiger partial charge is 0.330 e. The largest absolute Gasteiger partial charge is 0.493 e. The number of nitrogens with two attached hydrogens (primary N) is 1. The molecule has 0 atom stereocenters. The van der Waals surface area contributed by atoms with Crippen LogP contribution in [0.25, 0.3) is 6.08 Å². The van der Waals surface area contributed by atoms with E-state index in [4.69, 9.17) is 24.7 Å². The molecule has 0 fully saturated rings. The van der Waals surface area contributed by atoms with Crippen molar-refractivity contribution in [3.63, 3.8) is 0 Å². The average molecular weight is 385 g/mol. The van der Waals surface area contributed by atoms with E-state index in [-0.39, 0.29) is 19.8 Å². The van der Waals surface area contributed by atoms with Crippen LogP contribution in [0.15, 0.2) is 48.5 Å². The van der Waals surface area contributed by atoms with Crippen molar-refractivity contribution < 1.29 is 28.5 Å². The Morgan fingerprint density at radius 1 is 1.00 bits per heavy atom. The van der Waals surface area contributed by atoms with Crippen molar-refractivity contribution in [1.82, 2.24) is 0 Å². The number of hydrogen-bond donors (Lipinski definition) is 1. The van der Waals surface area contributed by atoms with Gasteiger partial charge >= 0.3 is 5.97 Å². The molecule has 0 heterocycles. The number of esters is 1. The maximum atomic E-state index is 11.8. The number of hydrogen-bond acceptors (Lipinski definition) is 6. The molecule has 0 radical (unpaired) electrons. The summed E-state index contributed by atoms with van der Waals surface area (Å²) in [6, 6.07) is 12.6. The van der Waals surface area contributed by atoms with Crippen molar-refractivity contribution in [2.75, 3.05) is 26.9 Å². The number of para-hydroxylation sites is 1. The summed E-state index contributed by atoms with van der Waals surface area (Å²) in [6.45, 7) is 2.11. The number of carbonyl (C=O) groups is 2. The Labute approximate surface area is 163 Å². The summed E-state index contributed by atoms with van der Waals surface area (Å²) in [5.41, 5.74) is 6.78. The highest BCUT2D eigenvalue weighted by atomic mass is 16.6. The molecule has 2 rings (SSSR count). The van der Waals surface area contributed by atoms with Crippen LogP contribution in [-0.4, -0.2) is 38.8 Å². The molecule has 0 bridgehead atoms. The second-order valence-corrected chi connectivity index (χ2v) is 5.78. The molecular formula is C21H23NO6. The van der Waals surface area contributed by atoms with Crippen LogP contribution in [0.4, 0.5) is 0 Å². The number of rotatable bonds is 10. The monoisotopic (exact) mass is 385 g/mol. The van der Waals surface area contributed by atoms with Gasteiger partial charge < -0.3 is 24.7 Å². The van der Waals surface area contributed by atoms with E-state index in [9.17, 15) is 9.59 Å². The van der Waals surface area contributed by atoms with Gasteiger partial charge in [0.05, 0.1) is 7.11 Å². The minimum Gasteiger partial charge on any atom is -0.493 e. The molecule has 2 aromatic rings. The van der Waals surface area contributed by atoms with Gasteiger partial charge in [-0.05, 0) is 42.3 Å². The molecule has 148 valence electrons. The van der Waals surface area contributed by atoms with Crippen molar-refractivity contribution in [3.8, 4) is 17.2 Å². The van der Waals surface area contributed by atoms with Gasteiger partial charge in [0.15, 0.2) is 18.1 Å². The van der Waals surface area contributed by atoms with Crippen molar-refractivity contribution in [1.29, 1.82) is 0 Å². The minimum atomic E-state index is -0.583. The first-order chi connectivity index (χ1) is 13.5. The van der Waals surface area contributed by atoms with Crippen LogP contribution in [0.3, 0.4) is 0 Å². The van der Waals surface area contributed by atoms with Gasteiger partial charge in [-0.1, -0.05) is 24.3 Å². The molecule has 0 aliphatic rings. The number of amides is 1. The van der Waals surface area contributed by atoms with E-state index in [0.717, 1.165) is 11.3 Å². The lowest BCUT2D eigenvalue weighted by molar-refractivity contribution is -0.138. The third-order valence-electron chi connectivity index (χ3n) is 3.65. The van der Waals surface area contributed by atoms with Crippen LogP contribution in [0.2, 0.25) is 0 Å². The molecule has 7 heteroatoms. The van der Waals surface area contributed by atoms with Gasteiger partial charge in [-0.2, -0.15) is 0 Å². The van der Waals surface area contributed by atoms with E-state index in [1.165, 1.54) is 13.2 Å². The van der Waals surface area contributed by atoms with Crippen LogP contribution in [0.1, 0.15) is 11.1 Å². The van der Waals surface area contributed by atoms with Crippen LogP contribution in [0, 0.1) is 6.92 Å². The molecule has 0 saturated carbocycles. The van der Waals surface area contributed by atoms with E-state index < -0.39 is 11.9 Å². The molecule has 0 aliphatic carbocycles. The van der Waals surface area contributed by atoms with Crippen LogP contribution in [-0.2, 0) is 14.3 Å². The Kier molecular flexibility index (Phi) is 7.90. The van der Waals surface area contributed by atoms with Crippen molar-refractivity contribution in [3.05, 3.63) is 59.7 Å². The maximum Gasteiger partial charge on any atom is 0.330 e. The predicted molar refractivity (Wildman–Crippen MR) is 104 cm³/mol. The zero-order chi connectivity index (χ0) is 20.4. The molecule has 1 amide bonds. The van der Waals surface area contributed by atoms with Gasteiger partial charge in [0, 0.05) is 6.08 Å². The van der Waals surface area contributed by atoms with Crippen molar-refractivity contribution in [2.45, 2.75) is 6.92 Å². The van der Waals surface area contributed by atoms with Crippen LogP contribution >= 0.6 is 0 Å². The van der Waals surface area contributed by atoms with Gasteiger partial charge in [0.25, 0.3) is 5.91 Å². The molecule has 0 aliphatic heterocycles. The fourth-order valence-corrected chi connectivity index (χ4v) is 2.28. The molecule has 0 spiro atoms. The first-order valence-electron chi connectivity index (χ1n) is 8.62. The third kappa shape index (κ3) is 6.68. The summed E-state index contributed by atoms with van der Waals surface area (Å²) in [6.07, 6.45) is 2.90. The Morgan fingerprint density at radius 2 is 1.79 bits per heavy atom. The molecule has 0 unspecified atom stereocenters. The highest BCUT2D eigenvalue weighted by molar-refractivity contribution is 5.87. The average Bonchev–Trinajstić information content (AvgIpc) is 2.69. The van der Waals surface area contributed by atoms with E-state index in [2.05, 4.69) is 0 Å². The number of ether oxygens (including phenoxy) is 4. The minimum absolute atomic E-state index is 0.140. The molecule has 2 N–H and O–H groups in total. The number of methoxy groups -OCH3 is 1. The van der Waals surface area contributed by atoms with Crippen LogP contribution < -0.4 is 19.9 Å². The fourth-order valence-electron chi connectivity index (χ4n) is 2.28. The molecule has 7 nitrogen and oxygen atoms in total. The Balaban J connectivity index is 1.82. The van der Waals surface area contributed by atoms with Crippen molar-refractivity contribution >= 4 is 18.0 Å². The van der Waals surface area contributed by atoms with Gasteiger partial charge in [0.1, 0.15) is 19.0 Å². The summed E-state index contributed by atoms with van der Waals surface area (Å²) in [5, 5.41) is 0. The van der Waals surface area contributed by atoms with Gasteiger partial charge in [-0.25, -0.2) is 4.79 Å². The lowest BCUT2D eigenvalue weighted by atomic mass is 10.2. The first kappa shape index (κ1) is 20.8. The zero-order valence-corrected chi connectivity index (χ0v) is 15.8. The number of benzene rings is 2. The fraction of sp³-hybridized carbons (Fsp3) is 0.238. The molecular weight excluding hydrogens is 362 g/mol. The molecule has 2 aromatic carbocycles. The predicted octanol–water partition coefficient (Wildman–Crippen LogP) is 2.50. The maximum absolute atomic E-state index is 11.8. The van der Waals surface area contributed by atoms with Crippen molar-refractivity contribution in [2.24, 2.45) is 5.73 Å². The van der Waals surface area contributed by atoms with E-state index in [1.807, 2.05) is 31.2 Å². The summed E-state index contributed by atoms with van der Waals surface area (Å²) in [5.74, 6) is 0.499. The third-order valence-corrected chi connectivity index (χ3v) is 3.65. The summed E-state index contributed by atoms with van der Waals surface area (Å²) in [4.78, 5) is 22.6. The number of aryl methyl sites for hydroxylation is 1. The number of carbonyl (C=O) groups excluding carboxylic acids is 2. The van der Waals surface area contributed by atoms with Crippen LogP contribution in [0.5, 0.6) is 17.2 Å². The quantitative estimate of drug-likeness (QED) is 0.383. The lowest BCUT2D eigenvalue weighted by Crippen LogP contribution is -2.20. The highest BCUT2D eigenvalue weighted by Gasteiger charge is 2.07. The van der Waals surface area contributed by atoms with E-state index >= 15 is 0 Å². The zero-order valence-electron chi connectivity index (χ0n) is 15.8. The first-order valence-corrected chi connectivity index (χ1v) is 8.62. The highest BCUT2D eigenvalue weighted by Crippen LogP contribution is 2.28. The lowest BCUT2D eigenvalue weighted by Gasteiger charge is -2.10. The second kappa shape index (κ2) is 10.6. The van der Waals surface area contributed by atoms with E-state index in [0.29, 0.717) is 17.1 Å². The summed E-state index contributed by atoms with van der Waals surface area (Å²) >= 11 is 0. The Morgan fingerprint density at radius 3 is 2.50 bits per heavy atom. The molecule has 0 aromatic heterocycles. The van der Waals surface area contributed by atoms with Gasteiger partial charge in [0.2, 0.25) is 0 Å². The van der Waals surface area contributed by atoms with Gasteiger partial charge in [-0.3, -0.25) is 4.79 Å². The molecule has 0 saturated heterocycles. The topological polar surface area (TPSA) is 97.1 Å². The second-order valence-electron chi connectivity index (χ2n) is 5.78. The summed E-state index contributed by atoms with van der Waals surface area (Å²) in [7, 11) is 1.47. The van der Waals surface area contributed by atoms with E-state index in [1.54, 1.807) is 24.3 Å². The summed E-state index contributed by atoms with van der Waals surface area (Å²) < 4.78 is 21.1. The number of primary amides is 1. The normalized spacial score (nSPS) is 10.5. The molecule has 28 heavy (non-hydrogen) atoms. The Bertz CT molecular complexity index is 847. The Hall–Kier alpha value is -3.48. The standard InChI is InChI=1S/C21H23NO6/c1-15-5-3-4-6-17(15)26-11-12-27-21(24)10-8-16-7-9-18(19(13-16)25-2)28-14-20(22)23/h3-10,13H,11-12,14H2,1-2H3,(H2,22,23)/b10-8+. The SMILES string of the molecule is COc1cc(/C=C/C(=O)OCCOc2ccccc2C)ccc1OCC(N)=O. The van der Waals surface area contributed by atoms with Gasteiger partial charge in [-0.15, -0.1) is 0 Å².